The van der Waals surface area contributed by atoms with Crippen molar-refractivity contribution in [3.63, 3.8) is 0 Å². The number of methoxy groups -OCH3 is 2. The molecule has 0 atom stereocenters. The van der Waals surface area contributed by atoms with E-state index in [9.17, 15) is 9.59 Å². The van der Waals surface area contributed by atoms with Gasteiger partial charge in [0.05, 0.1) is 26.4 Å². The zero-order valence-corrected chi connectivity index (χ0v) is 18.8. The van der Waals surface area contributed by atoms with E-state index in [0.29, 0.717) is 26.7 Å². The Morgan fingerprint density at radius 1 is 1.10 bits per heavy atom. The molecule has 1 N–H and O–H groups in total. The molecule has 2 amide bonds. The molecule has 1 fully saturated rings. The molecule has 3 rings (SSSR count). The maximum absolute atomic E-state index is 12.4. The van der Waals surface area contributed by atoms with Crippen molar-refractivity contribution < 1.29 is 19.1 Å². The maximum atomic E-state index is 12.4. The number of thioether (sulfide) groups is 1. The number of carbonyl (C=O) groups excluding carboxylic acids is 2. The van der Waals surface area contributed by atoms with Crippen LogP contribution in [-0.4, -0.2) is 60.0 Å². The molecule has 162 valence electrons. The van der Waals surface area contributed by atoms with E-state index in [1.807, 2.05) is 11.0 Å². The Balaban J connectivity index is 1.48. The number of carbonyl (C=O) groups is 2. The molecule has 2 heterocycles. The van der Waals surface area contributed by atoms with Crippen molar-refractivity contribution in [1.29, 1.82) is 0 Å². The lowest BCUT2D eigenvalue weighted by Gasteiger charge is -2.19. The Morgan fingerprint density at radius 3 is 2.53 bits per heavy atom. The number of rotatable bonds is 8. The van der Waals surface area contributed by atoms with Crippen molar-refractivity contribution in [3.8, 4) is 11.5 Å². The normalized spacial score (nSPS) is 14.1. The summed E-state index contributed by atoms with van der Waals surface area (Å²) in [6.45, 7) is 1.68. The topological polar surface area (TPSA) is 93.7 Å². The lowest BCUT2D eigenvalue weighted by Crippen LogP contribution is -2.33. The molecule has 0 spiro atoms. The molecule has 1 aliphatic heterocycles. The quantitative estimate of drug-likeness (QED) is 0.487. The molecule has 1 aromatic carbocycles. The largest absolute Gasteiger partial charge is 0.493 e. The fourth-order valence-electron chi connectivity index (χ4n) is 3.19. The summed E-state index contributed by atoms with van der Waals surface area (Å²) in [5, 5.41) is 11.3. The third-order valence-corrected chi connectivity index (χ3v) is 6.70. The van der Waals surface area contributed by atoms with E-state index in [1.165, 1.54) is 35.9 Å². The summed E-state index contributed by atoms with van der Waals surface area (Å²) in [5.74, 6) is 1.47. The van der Waals surface area contributed by atoms with Crippen molar-refractivity contribution in [2.45, 2.75) is 36.4 Å². The number of anilines is 1. The summed E-state index contributed by atoms with van der Waals surface area (Å²) in [7, 11) is 3.12. The van der Waals surface area contributed by atoms with Crippen LogP contribution < -0.4 is 14.8 Å². The van der Waals surface area contributed by atoms with Crippen LogP contribution in [0.2, 0.25) is 0 Å². The second-order valence-corrected chi connectivity index (χ2v) is 9.07. The van der Waals surface area contributed by atoms with E-state index in [2.05, 4.69) is 15.5 Å². The molecule has 10 heteroatoms. The van der Waals surface area contributed by atoms with Crippen molar-refractivity contribution in [2.75, 3.05) is 38.4 Å². The maximum Gasteiger partial charge on any atom is 0.233 e. The molecule has 0 aliphatic carbocycles. The number of amides is 2. The van der Waals surface area contributed by atoms with E-state index in [0.717, 1.165) is 31.5 Å². The van der Waals surface area contributed by atoms with Gasteiger partial charge in [0.15, 0.2) is 15.8 Å². The van der Waals surface area contributed by atoms with Crippen LogP contribution in [0.5, 0.6) is 11.5 Å². The summed E-state index contributed by atoms with van der Waals surface area (Å²) < 4.78 is 11.1. The van der Waals surface area contributed by atoms with Crippen LogP contribution in [0.3, 0.4) is 0 Å². The standard InChI is InChI=1S/C20H26N4O4S2/c1-27-15-8-7-14(11-16(15)28-2)12-17(25)21-19-22-23-20(30-19)29-13-18(26)24-9-5-3-4-6-10-24/h7-8,11H,3-6,9-10,12-13H2,1-2H3,(H,21,22,25). The molecular formula is C20H26N4O4S2. The fourth-order valence-corrected chi connectivity index (χ4v) is 4.86. The third kappa shape index (κ3) is 6.33. The van der Waals surface area contributed by atoms with Crippen molar-refractivity contribution in [1.82, 2.24) is 15.1 Å². The highest BCUT2D eigenvalue weighted by Gasteiger charge is 2.17. The molecule has 1 saturated heterocycles. The van der Waals surface area contributed by atoms with Gasteiger partial charge in [0.1, 0.15) is 0 Å². The van der Waals surface area contributed by atoms with E-state index in [4.69, 9.17) is 9.47 Å². The van der Waals surface area contributed by atoms with Crippen LogP contribution in [0.25, 0.3) is 0 Å². The van der Waals surface area contributed by atoms with Gasteiger partial charge < -0.3 is 19.7 Å². The zero-order valence-electron chi connectivity index (χ0n) is 17.2. The Bertz CT molecular complexity index is 866. The first-order valence-electron chi connectivity index (χ1n) is 9.84. The van der Waals surface area contributed by atoms with E-state index in [1.54, 1.807) is 26.4 Å². The predicted molar refractivity (Wildman–Crippen MR) is 118 cm³/mol. The first kappa shape index (κ1) is 22.4. The zero-order chi connectivity index (χ0) is 21.3. The Morgan fingerprint density at radius 2 is 1.83 bits per heavy atom. The summed E-state index contributed by atoms with van der Waals surface area (Å²) in [4.78, 5) is 26.7. The van der Waals surface area contributed by atoms with E-state index >= 15 is 0 Å². The highest BCUT2D eigenvalue weighted by atomic mass is 32.2. The molecule has 1 aliphatic rings. The van der Waals surface area contributed by atoms with Gasteiger partial charge in [0.2, 0.25) is 16.9 Å². The fraction of sp³-hybridized carbons (Fsp3) is 0.500. The van der Waals surface area contributed by atoms with Gasteiger partial charge in [-0.3, -0.25) is 9.59 Å². The minimum atomic E-state index is -0.199. The number of ether oxygens (including phenoxy) is 2. The van der Waals surface area contributed by atoms with Crippen LogP contribution in [0.4, 0.5) is 5.13 Å². The monoisotopic (exact) mass is 450 g/mol. The lowest BCUT2D eigenvalue weighted by molar-refractivity contribution is -0.128. The minimum absolute atomic E-state index is 0.135. The average molecular weight is 451 g/mol. The van der Waals surface area contributed by atoms with Gasteiger partial charge in [0.25, 0.3) is 0 Å². The lowest BCUT2D eigenvalue weighted by atomic mass is 10.1. The average Bonchev–Trinajstić information content (AvgIpc) is 3.01. The molecular weight excluding hydrogens is 424 g/mol. The molecule has 1 aromatic heterocycles. The molecule has 0 unspecified atom stereocenters. The van der Waals surface area contributed by atoms with Gasteiger partial charge in [-0.15, -0.1) is 10.2 Å². The first-order chi connectivity index (χ1) is 14.6. The summed E-state index contributed by atoms with van der Waals surface area (Å²) in [5.41, 5.74) is 0.798. The van der Waals surface area contributed by atoms with Crippen molar-refractivity contribution >= 4 is 40.0 Å². The number of hydrogen-bond donors (Lipinski definition) is 1. The smallest absolute Gasteiger partial charge is 0.233 e. The summed E-state index contributed by atoms with van der Waals surface area (Å²) in [6, 6.07) is 5.35. The van der Waals surface area contributed by atoms with Gasteiger partial charge in [0, 0.05) is 13.1 Å². The number of likely N-dealkylation sites (tertiary alicyclic amines) is 1. The van der Waals surface area contributed by atoms with E-state index < -0.39 is 0 Å². The predicted octanol–water partition coefficient (Wildman–Crippen LogP) is 3.23. The van der Waals surface area contributed by atoms with E-state index in [-0.39, 0.29) is 18.2 Å². The van der Waals surface area contributed by atoms with Gasteiger partial charge >= 0.3 is 0 Å². The summed E-state index contributed by atoms with van der Waals surface area (Å²) >= 11 is 2.63. The molecule has 8 nitrogen and oxygen atoms in total. The van der Waals surface area contributed by atoms with Gasteiger partial charge in [-0.05, 0) is 30.5 Å². The number of hydrogen-bond acceptors (Lipinski definition) is 8. The van der Waals surface area contributed by atoms with Crippen LogP contribution >= 0.6 is 23.1 Å². The molecule has 0 saturated carbocycles. The summed E-state index contributed by atoms with van der Waals surface area (Å²) in [6.07, 6.45) is 4.71. The van der Waals surface area contributed by atoms with Crippen LogP contribution in [-0.2, 0) is 16.0 Å². The molecule has 0 bridgehead atoms. The molecule has 2 aromatic rings. The Hall–Kier alpha value is -2.33. The van der Waals surface area contributed by atoms with Gasteiger partial charge in [-0.1, -0.05) is 42.0 Å². The minimum Gasteiger partial charge on any atom is -0.493 e. The SMILES string of the molecule is COc1ccc(CC(=O)Nc2nnc(SCC(=O)N3CCCCCC3)s2)cc1OC. The number of benzene rings is 1. The Kier molecular flexibility index (Phi) is 8.32. The second kappa shape index (κ2) is 11.2. The molecule has 0 radical (unpaired) electrons. The number of nitrogens with zero attached hydrogens (tertiary/aromatic N) is 3. The number of aromatic nitrogens is 2. The highest BCUT2D eigenvalue weighted by molar-refractivity contribution is 8.01. The van der Waals surface area contributed by atoms with Crippen LogP contribution in [0.15, 0.2) is 22.5 Å². The van der Waals surface area contributed by atoms with Gasteiger partial charge in [-0.2, -0.15) is 0 Å². The first-order valence-corrected chi connectivity index (χ1v) is 11.6. The number of nitrogens with one attached hydrogen (secondary N) is 1. The van der Waals surface area contributed by atoms with Crippen molar-refractivity contribution in [2.24, 2.45) is 0 Å². The van der Waals surface area contributed by atoms with Crippen LogP contribution in [0.1, 0.15) is 31.2 Å². The Labute approximate surface area is 184 Å². The highest BCUT2D eigenvalue weighted by Crippen LogP contribution is 2.28. The second-order valence-electron chi connectivity index (χ2n) is 6.87. The van der Waals surface area contributed by atoms with Gasteiger partial charge in [-0.25, -0.2) is 0 Å². The molecule has 30 heavy (non-hydrogen) atoms. The van der Waals surface area contributed by atoms with Crippen molar-refractivity contribution in [3.05, 3.63) is 23.8 Å². The van der Waals surface area contributed by atoms with Crippen LogP contribution in [0, 0.1) is 0 Å². The third-order valence-electron chi connectivity index (χ3n) is 4.74.